The van der Waals surface area contributed by atoms with Crippen molar-refractivity contribution in [3.63, 3.8) is 0 Å². The van der Waals surface area contributed by atoms with Gasteiger partial charge in [0.1, 0.15) is 11.0 Å². The standard InChI is InChI=1S/C15H24ClN3O2/c1-4-6-17-14-10-12(9-13(16)18-14)15(21)19(11(2)3)7-5-8-20/h9-11,20H,4-8H2,1-3H3,(H,17,18). The van der Waals surface area contributed by atoms with Gasteiger partial charge in [-0.25, -0.2) is 4.98 Å². The van der Waals surface area contributed by atoms with Crippen molar-refractivity contribution in [3.8, 4) is 0 Å². The van der Waals surface area contributed by atoms with Gasteiger partial charge in [0.2, 0.25) is 0 Å². The maximum Gasteiger partial charge on any atom is 0.254 e. The van der Waals surface area contributed by atoms with Gasteiger partial charge >= 0.3 is 0 Å². The minimum absolute atomic E-state index is 0.0584. The molecule has 5 nitrogen and oxygen atoms in total. The summed E-state index contributed by atoms with van der Waals surface area (Å²) in [4.78, 5) is 18.5. The van der Waals surface area contributed by atoms with Crippen LogP contribution in [0.4, 0.5) is 5.82 Å². The number of hydrogen-bond acceptors (Lipinski definition) is 4. The second kappa shape index (κ2) is 8.85. The van der Waals surface area contributed by atoms with Gasteiger partial charge in [-0.3, -0.25) is 4.79 Å². The number of carbonyl (C=O) groups is 1. The highest BCUT2D eigenvalue weighted by Crippen LogP contribution is 2.17. The molecule has 1 aromatic heterocycles. The second-order valence-electron chi connectivity index (χ2n) is 5.16. The molecule has 0 aliphatic rings. The molecule has 0 unspecified atom stereocenters. The number of aromatic nitrogens is 1. The van der Waals surface area contributed by atoms with E-state index in [0.717, 1.165) is 13.0 Å². The molecule has 0 fully saturated rings. The van der Waals surface area contributed by atoms with Gasteiger partial charge < -0.3 is 15.3 Å². The predicted octanol–water partition coefficient (Wildman–Crippen LogP) is 2.79. The third-order valence-corrected chi connectivity index (χ3v) is 3.23. The van der Waals surface area contributed by atoms with Crippen LogP contribution < -0.4 is 5.32 Å². The van der Waals surface area contributed by atoms with Gasteiger partial charge in [0.05, 0.1) is 0 Å². The fourth-order valence-electron chi connectivity index (χ4n) is 1.97. The molecule has 0 bridgehead atoms. The van der Waals surface area contributed by atoms with Crippen LogP contribution in [0.25, 0.3) is 0 Å². The first-order valence-electron chi connectivity index (χ1n) is 7.32. The molecule has 1 aromatic rings. The number of nitrogens with one attached hydrogen (secondary N) is 1. The minimum atomic E-state index is -0.0951. The Kier molecular flexibility index (Phi) is 7.47. The Morgan fingerprint density at radius 3 is 2.76 bits per heavy atom. The SMILES string of the molecule is CCCNc1cc(C(=O)N(CCCO)C(C)C)cc(Cl)n1. The molecular weight excluding hydrogens is 290 g/mol. The highest BCUT2D eigenvalue weighted by atomic mass is 35.5. The largest absolute Gasteiger partial charge is 0.396 e. The number of anilines is 1. The zero-order valence-electron chi connectivity index (χ0n) is 12.9. The quantitative estimate of drug-likeness (QED) is 0.724. The summed E-state index contributed by atoms with van der Waals surface area (Å²) in [6.07, 6.45) is 1.52. The Hall–Kier alpha value is -1.33. The third-order valence-electron chi connectivity index (χ3n) is 3.04. The van der Waals surface area contributed by atoms with Crippen molar-refractivity contribution in [2.24, 2.45) is 0 Å². The number of hydrogen-bond donors (Lipinski definition) is 2. The number of nitrogens with zero attached hydrogens (tertiary/aromatic N) is 2. The summed E-state index contributed by atoms with van der Waals surface area (Å²) in [6, 6.07) is 3.36. The maximum absolute atomic E-state index is 12.6. The van der Waals surface area contributed by atoms with Crippen molar-refractivity contribution in [3.05, 3.63) is 22.8 Å². The first-order valence-corrected chi connectivity index (χ1v) is 7.70. The lowest BCUT2D eigenvalue weighted by atomic mass is 10.2. The van der Waals surface area contributed by atoms with Crippen LogP contribution in [0.1, 0.15) is 44.0 Å². The van der Waals surface area contributed by atoms with Gasteiger partial charge in [0.15, 0.2) is 0 Å². The van der Waals surface area contributed by atoms with E-state index in [1.54, 1.807) is 17.0 Å². The van der Waals surface area contributed by atoms with Crippen molar-refractivity contribution in [1.29, 1.82) is 0 Å². The smallest absolute Gasteiger partial charge is 0.254 e. The van der Waals surface area contributed by atoms with E-state index in [0.29, 0.717) is 29.5 Å². The summed E-state index contributed by atoms with van der Waals surface area (Å²) in [5.74, 6) is 0.515. The van der Waals surface area contributed by atoms with Gasteiger partial charge in [-0.15, -0.1) is 0 Å². The zero-order valence-corrected chi connectivity index (χ0v) is 13.7. The Labute approximate surface area is 131 Å². The van der Waals surface area contributed by atoms with E-state index in [-0.39, 0.29) is 18.6 Å². The van der Waals surface area contributed by atoms with Crippen molar-refractivity contribution < 1.29 is 9.90 Å². The summed E-state index contributed by atoms with van der Waals surface area (Å²) >= 11 is 6.00. The summed E-state index contributed by atoms with van der Waals surface area (Å²) in [5.41, 5.74) is 0.514. The molecule has 0 aliphatic heterocycles. The lowest BCUT2D eigenvalue weighted by molar-refractivity contribution is 0.0693. The molecule has 0 atom stereocenters. The monoisotopic (exact) mass is 313 g/mol. The van der Waals surface area contributed by atoms with E-state index >= 15 is 0 Å². The molecule has 21 heavy (non-hydrogen) atoms. The summed E-state index contributed by atoms with van der Waals surface area (Å²) in [6.45, 7) is 7.32. The maximum atomic E-state index is 12.6. The van der Waals surface area contributed by atoms with Crippen LogP contribution >= 0.6 is 11.6 Å². The van der Waals surface area contributed by atoms with Crippen molar-refractivity contribution >= 4 is 23.3 Å². The number of pyridine rings is 1. The zero-order chi connectivity index (χ0) is 15.8. The summed E-state index contributed by atoms with van der Waals surface area (Å²) in [7, 11) is 0. The van der Waals surface area contributed by atoms with E-state index in [2.05, 4.69) is 17.2 Å². The molecule has 0 saturated heterocycles. The van der Waals surface area contributed by atoms with E-state index < -0.39 is 0 Å². The molecule has 118 valence electrons. The highest BCUT2D eigenvalue weighted by molar-refractivity contribution is 6.29. The van der Waals surface area contributed by atoms with E-state index in [9.17, 15) is 4.79 Å². The molecule has 1 heterocycles. The van der Waals surface area contributed by atoms with Gasteiger partial charge in [-0.05, 0) is 38.8 Å². The number of rotatable bonds is 8. The normalized spacial score (nSPS) is 10.8. The molecule has 6 heteroatoms. The van der Waals surface area contributed by atoms with Crippen LogP contribution in [0.2, 0.25) is 5.15 Å². The Balaban J connectivity index is 2.95. The van der Waals surface area contributed by atoms with Gasteiger partial charge in [0, 0.05) is 31.3 Å². The topological polar surface area (TPSA) is 65.5 Å². The Morgan fingerprint density at radius 2 is 2.19 bits per heavy atom. The van der Waals surface area contributed by atoms with Crippen LogP contribution in [-0.4, -0.2) is 46.6 Å². The number of halogens is 1. The molecule has 2 N–H and O–H groups in total. The van der Waals surface area contributed by atoms with Gasteiger partial charge in [-0.1, -0.05) is 18.5 Å². The minimum Gasteiger partial charge on any atom is -0.396 e. The first-order chi connectivity index (χ1) is 9.99. The molecular formula is C15H24ClN3O2. The molecule has 1 rings (SSSR count). The van der Waals surface area contributed by atoms with Crippen LogP contribution in [0.5, 0.6) is 0 Å². The van der Waals surface area contributed by atoms with Crippen molar-refractivity contribution in [2.45, 2.75) is 39.7 Å². The first kappa shape index (κ1) is 17.7. The summed E-state index contributed by atoms with van der Waals surface area (Å²) in [5, 5.41) is 12.4. The number of carbonyl (C=O) groups excluding carboxylic acids is 1. The Morgan fingerprint density at radius 1 is 1.48 bits per heavy atom. The lowest BCUT2D eigenvalue weighted by Crippen LogP contribution is -2.38. The van der Waals surface area contributed by atoms with Gasteiger partial charge in [0.25, 0.3) is 5.91 Å². The van der Waals surface area contributed by atoms with Crippen LogP contribution in [0.15, 0.2) is 12.1 Å². The molecule has 0 spiro atoms. The molecule has 0 aromatic carbocycles. The number of aliphatic hydroxyl groups is 1. The molecule has 0 saturated carbocycles. The van der Waals surface area contributed by atoms with Crippen LogP contribution in [0, 0.1) is 0 Å². The number of amides is 1. The molecule has 1 amide bonds. The van der Waals surface area contributed by atoms with E-state index in [1.807, 2.05) is 13.8 Å². The second-order valence-corrected chi connectivity index (χ2v) is 5.55. The van der Waals surface area contributed by atoms with Gasteiger partial charge in [-0.2, -0.15) is 0 Å². The average Bonchev–Trinajstić information content (AvgIpc) is 2.44. The fourth-order valence-corrected chi connectivity index (χ4v) is 2.17. The molecule has 0 radical (unpaired) electrons. The number of aliphatic hydroxyl groups excluding tert-OH is 1. The lowest BCUT2D eigenvalue weighted by Gasteiger charge is -2.26. The summed E-state index contributed by atoms with van der Waals surface area (Å²) < 4.78 is 0. The van der Waals surface area contributed by atoms with Crippen LogP contribution in [0.3, 0.4) is 0 Å². The van der Waals surface area contributed by atoms with Crippen molar-refractivity contribution in [1.82, 2.24) is 9.88 Å². The predicted molar refractivity (Wildman–Crippen MR) is 85.9 cm³/mol. The fraction of sp³-hybridized carbons (Fsp3) is 0.600. The average molecular weight is 314 g/mol. The Bertz CT molecular complexity index is 466. The molecule has 0 aliphatic carbocycles. The van der Waals surface area contributed by atoms with E-state index in [1.165, 1.54) is 0 Å². The van der Waals surface area contributed by atoms with Crippen LogP contribution in [-0.2, 0) is 0 Å². The highest BCUT2D eigenvalue weighted by Gasteiger charge is 2.19. The third kappa shape index (κ3) is 5.52. The van der Waals surface area contributed by atoms with Crippen molar-refractivity contribution in [2.75, 3.05) is 25.0 Å². The van der Waals surface area contributed by atoms with E-state index in [4.69, 9.17) is 16.7 Å².